The highest BCUT2D eigenvalue weighted by Gasteiger charge is 2.62. The van der Waals surface area contributed by atoms with Gasteiger partial charge in [-0.25, -0.2) is 0 Å². The van der Waals surface area contributed by atoms with Crippen LogP contribution in [0.1, 0.15) is 36.5 Å². The molecule has 7 rings (SSSR count). The van der Waals surface area contributed by atoms with Gasteiger partial charge in [0.05, 0.1) is 5.69 Å². The number of likely N-dealkylation sites (N-methyl/N-ethyl adjacent to an activating group) is 1. The number of fused-ring (bicyclic) bond motifs is 3. The number of nitrogens with one attached hydrogen (secondary N) is 1. The van der Waals surface area contributed by atoms with E-state index in [9.17, 15) is 4.79 Å². The van der Waals surface area contributed by atoms with Crippen molar-refractivity contribution in [3.63, 3.8) is 0 Å². The van der Waals surface area contributed by atoms with Crippen molar-refractivity contribution in [3.8, 4) is 11.1 Å². The van der Waals surface area contributed by atoms with Gasteiger partial charge in [0, 0.05) is 47.8 Å². The summed E-state index contributed by atoms with van der Waals surface area (Å²) in [4.78, 5) is 21.5. The number of hydrogen-bond donors (Lipinski definition) is 1. The van der Waals surface area contributed by atoms with E-state index in [2.05, 4.69) is 110 Å². The van der Waals surface area contributed by atoms with Crippen LogP contribution in [0.5, 0.6) is 0 Å². The molecule has 3 aliphatic rings. The van der Waals surface area contributed by atoms with Gasteiger partial charge in [-0.1, -0.05) is 98.8 Å². The molecule has 0 bridgehead atoms. The van der Waals surface area contributed by atoms with E-state index in [-0.39, 0.29) is 23.2 Å². The number of hydrogen-bond acceptors (Lipinski definition) is 3. The molecule has 3 atom stereocenters. The van der Waals surface area contributed by atoms with Crippen molar-refractivity contribution in [3.05, 3.63) is 120 Å². The molecule has 1 N–H and O–H groups in total. The number of para-hydroxylation sites is 1. The molecule has 4 heteroatoms. The largest absolute Gasteiger partial charge is 0.313 e. The van der Waals surface area contributed by atoms with Crippen LogP contribution in [0, 0.1) is 5.92 Å². The van der Waals surface area contributed by atoms with Crippen molar-refractivity contribution in [2.75, 3.05) is 18.5 Å². The summed E-state index contributed by atoms with van der Waals surface area (Å²) in [6.07, 6.45) is 0. The van der Waals surface area contributed by atoms with Crippen molar-refractivity contribution in [1.29, 1.82) is 0 Å². The molecular weight excluding hydrogens is 466 g/mol. The Hall–Kier alpha value is -4.02. The molecular formula is C34H31N3O. The molecule has 38 heavy (non-hydrogen) atoms. The first kappa shape index (κ1) is 23.1. The molecule has 1 saturated heterocycles. The molecule has 3 aliphatic heterocycles. The first-order valence-electron chi connectivity index (χ1n) is 13.4. The van der Waals surface area contributed by atoms with E-state index in [4.69, 9.17) is 4.99 Å². The Labute approximate surface area is 224 Å². The lowest BCUT2D eigenvalue weighted by Gasteiger charge is -2.35. The Balaban J connectivity index is 1.43. The zero-order chi connectivity index (χ0) is 26.1. The molecule has 4 nitrogen and oxygen atoms in total. The van der Waals surface area contributed by atoms with Crippen LogP contribution in [0.3, 0.4) is 0 Å². The molecule has 1 amide bonds. The molecule has 3 heterocycles. The van der Waals surface area contributed by atoms with E-state index in [0.717, 1.165) is 39.3 Å². The van der Waals surface area contributed by atoms with E-state index in [1.54, 1.807) is 0 Å². The normalized spacial score (nSPS) is 25.0. The molecule has 1 fully saturated rings. The van der Waals surface area contributed by atoms with Gasteiger partial charge in [0.1, 0.15) is 5.54 Å². The van der Waals surface area contributed by atoms with Crippen molar-refractivity contribution >= 4 is 23.0 Å². The summed E-state index contributed by atoms with van der Waals surface area (Å²) in [5.41, 5.74) is 7.82. The van der Waals surface area contributed by atoms with Gasteiger partial charge >= 0.3 is 0 Å². The number of nitrogens with zero attached hydrogens (tertiary/aromatic N) is 2. The quantitative estimate of drug-likeness (QED) is 0.347. The molecule has 4 aromatic rings. The summed E-state index contributed by atoms with van der Waals surface area (Å²) in [6, 6.07) is 35.9. The van der Waals surface area contributed by atoms with Gasteiger partial charge in [-0.3, -0.25) is 15.1 Å². The standard InChI is InChI=1S/C34H31N3O/c1-33(2)26-16-10-11-17-28(26)36-31(33)25-21-35-34(30(25)23-14-8-5-9-15-23)27-20-24(22-12-6-4-7-13-22)18-19-29(27)37(3)32(34)38/h4-20,25,30,35H,21H2,1-3H3/t25-,30+,34-/m1/s1. The zero-order valence-electron chi connectivity index (χ0n) is 22.0. The molecule has 0 radical (unpaired) electrons. The van der Waals surface area contributed by atoms with Gasteiger partial charge < -0.3 is 4.90 Å². The van der Waals surface area contributed by atoms with Crippen molar-refractivity contribution in [1.82, 2.24) is 5.32 Å². The van der Waals surface area contributed by atoms with Crippen LogP contribution < -0.4 is 10.2 Å². The predicted molar refractivity (Wildman–Crippen MR) is 154 cm³/mol. The predicted octanol–water partition coefficient (Wildman–Crippen LogP) is 6.59. The van der Waals surface area contributed by atoms with E-state index in [1.807, 2.05) is 24.1 Å². The van der Waals surface area contributed by atoms with Crippen LogP contribution >= 0.6 is 0 Å². The maximum Gasteiger partial charge on any atom is 0.252 e. The average molecular weight is 498 g/mol. The van der Waals surface area contributed by atoms with Gasteiger partial charge in [-0.05, 0) is 40.5 Å². The van der Waals surface area contributed by atoms with Crippen LogP contribution in [0.15, 0.2) is 108 Å². The fourth-order valence-corrected chi connectivity index (χ4v) is 7.17. The number of amides is 1. The lowest BCUT2D eigenvalue weighted by molar-refractivity contribution is -0.124. The minimum Gasteiger partial charge on any atom is -0.313 e. The minimum absolute atomic E-state index is 0.0588. The maximum atomic E-state index is 14.4. The Bertz CT molecular complexity index is 1590. The van der Waals surface area contributed by atoms with E-state index >= 15 is 0 Å². The highest BCUT2D eigenvalue weighted by Crippen LogP contribution is 2.57. The molecule has 0 aromatic heterocycles. The van der Waals surface area contributed by atoms with Crippen LogP contribution in [-0.2, 0) is 15.7 Å². The van der Waals surface area contributed by atoms with E-state index in [1.165, 1.54) is 5.56 Å². The highest BCUT2D eigenvalue weighted by atomic mass is 16.2. The molecule has 0 saturated carbocycles. The molecule has 188 valence electrons. The summed E-state index contributed by atoms with van der Waals surface area (Å²) in [6.45, 7) is 5.23. The first-order chi connectivity index (χ1) is 18.4. The fourth-order valence-electron chi connectivity index (χ4n) is 7.17. The number of anilines is 1. The van der Waals surface area contributed by atoms with Crippen LogP contribution in [0.2, 0.25) is 0 Å². The van der Waals surface area contributed by atoms with Crippen LogP contribution in [0.4, 0.5) is 11.4 Å². The molecule has 0 aliphatic carbocycles. The first-order valence-corrected chi connectivity index (χ1v) is 13.4. The van der Waals surface area contributed by atoms with Crippen molar-refractivity contribution in [2.24, 2.45) is 10.9 Å². The molecule has 1 spiro atoms. The Morgan fingerprint density at radius 1 is 0.816 bits per heavy atom. The minimum atomic E-state index is -0.867. The molecule has 0 unspecified atom stereocenters. The Kier molecular flexibility index (Phi) is 5.01. The topological polar surface area (TPSA) is 44.7 Å². The third-order valence-corrected chi connectivity index (χ3v) is 8.97. The number of carbonyl (C=O) groups is 1. The number of rotatable bonds is 3. The van der Waals surface area contributed by atoms with Crippen molar-refractivity contribution in [2.45, 2.75) is 30.7 Å². The summed E-state index contributed by atoms with van der Waals surface area (Å²) in [5, 5.41) is 3.82. The Morgan fingerprint density at radius 2 is 1.50 bits per heavy atom. The summed E-state index contributed by atoms with van der Waals surface area (Å²) >= 11 is 0. The second-order valence-electron chi connectivity index (χ2n) is 11.3. The van der Waals surface area contributed by atoms with Gasteiger partial charge in [0.15, 0.2) is 0 Å². The number of benzene rings is 4. The second-order valence-corrected chi connectivity index (χ2v) is 11.3. The van der Waals surface area contributed by atoms with Crippen LogP contribution in [0.25, 0.3) is 11.1 Å². The maximum absolute atomic E-state index is 14.4. The average Bonchev–Trinajstić information content (AvgIpc) is 3.55. The van der Waals surface area contributed by atoms with E-state index < -0.39 is 5.54 Å². The van der Waals surface area contributed by atoms with Crippen LogP contribution in [-0.4, -0.2) is 25.2 Å². The fraction of sp³-hybridized carbons (Fsp3) is 0.235. The lowest BCUT2D eigenvalue weighted by Crippen LogP contribution is -2.49. The molecule has 4 aromatic carbocycles. The van der Waals surface area contributed by atoms with E-state index in [0.29, 0.717) is 6.54 Å². The van der Waals surface area contributed by atoms with Crippen molar-refractivity contribution < 1.29 is 4.79 Å². The summed E-state index contributed by atoms with van der Waals surface area (Å²) in [5.74, 6) is 0.0599. The number of aliphatic imine (C=N–C) groups is 1. The lowest BCUT2D eigenvalue weighted by atomic mass is 9.66. The summed E-state index contributed by atoms with van der Waals surface area (Å²) in [7, 11) is 1.90. The van der Waals surface area contributed by atoms with Gasteiger partial charge in [0.25, 0.3) is 5.91 Å². The highest BCUT2D eigenvalue weighted by molar-refractivity contribution is 6.11. The summed E-state index contributed by atoms with van der Waals surface area (Å²) < 4.78 is 0. The van der Waals surface area contributed by atoms with Gasteiger partial charge in [-0.2, -0.15) is 0 Å². The smallest absolute Gasteiger partial charge is 0.252 e. The monoisotopic (exact) mass is 497 g/mol. The Morgan fingerprint density at radius 3 is 2.24 bits per heavy atom. The SMILES string of the molecule is CN1C(=O)[C@@]2(NC[C@@H](C3=Nc4ccccc4C3(C)C)[C@@H]2c2ccccc2)c2cc(-c3ccccc3)ccc21. The van der Waals surface area contributed by atoms with Gasteiger partial charge in [0.2, 0.25) is 0 Å². The third kappa shape index (κ3) is 3.07. The second kappa shape index (κ2) is 8.24. The third-order valence-electron chi connectivity index (χ3n) is 8.97. The zero-order valence-corrected chi connectivity index (χ0v) is 22.0. The number of carbonyl (C=O) groups excluding carboxylic acids is 1. The van der Waals surface area contributed by atoms with Gasteiger partial charge in [-0.15, -0.1) is 0 Å².